The van der Waals surface area contributed by atoms with Gasteiger partial charge in [-0.05, 0) is 81.4 Å². The standard InChI is InChI=1S/C27H24ClN3O3S/c1-16(2)31-26(33)23(29-20-10-4-17(3)5-11-20)24(27(31)34)35-22-14-12-21(13-15-22)30-25(32)18-6-8-19(28)9-7-18/h4-16,29H,1-3H3,(H,30,32). The number of rotatable bonds is 7. The van der Waals surface area contributed by atoms with E-state index in [9.17, 15) is 14.4 Å². The molecule has 1 aliphatic heterocycles. The molecule has 2 N–H and O–H groups in total. The normalized spacial score (nSPS) is 13.6. The predicted octanol–water partition coefficient (Wildman–Crippen LogP) is 6.09. The molecule has 0 spiro atoms. The number of aryl methyl sites for hydroxylation is 1. The van der Waals surface area contributed by atoms with Crippen molar-refractivity contribution < 1.29 is 14.4 Å². The largest absolute Gasteiger partial charge is 0.350 e. The van der Waals surface area contributed by atoms with Crippen LogP contribution in [0, 0.1) is 6.92 Å². The van der Waals surface area contributed by atoms with Gasteiger partial charge in [-0.25, -0.2) is 0 Å². The molecule has 0 bridgehead atoms. The Morgan fingerprint density at radius 2 is 1.46 bits per heavy atom. The van der Waals surface area contributed by atoms with Gasteiger partial charge in [0.1, 0.15) is 10.6 Å². The lowest BCUT2D eigenvalue weighted by atomic mass is 10.2. The van der Waals surface area contributed by atoms with Gasteiger partial charge in [-0.3, -0.25) is 19.3 Å². The third kappa shape index (κ3) is 5.58. The molecule has 8 heteroatoms. The predicted molar refractivity (Wildman–Crippen MR) is 141 cm³/mol. The van der Waals surface area contributed by atoms with Gasteiger partial charge in [0.15, 0.2) is 0 Å². The van der Waals surface area contributed by atoms with Gasteiger partial charge < -0.3 is 10.6 Å². The van der Waals surface area contributed by atoms with Crippen LogP contribution in [0.3, 0.4) is 0 Å². The van der Waals surface area contributed by atoms with E-state index in [4.69, 9.17) is 11.6 Å². The molecule has 35 heavy (non-hydrogen) atoms. The first-order valence-electron chi connectivity index (χ1n) is 11.0. The summed E-state index contributed by atoms with van der Waals surface area (Å²) in [6, 6.07) is 21.1. The van der Waals surface area contributed by atoms with Gasteiger partial charge in [0.05, 0.1) is 0 Å². The van der Waals surface area contributed by atoms with Crippen molar-refractivity contribution >= 4 is 52.5 Å². The van der Waals surface area contributed by atoms with Crippen LogP contribution >= 0.6 is 23.4 Å². The van der Waals surface area contributed by atoms with E-state index in [0.717, 1.165) is 16.1 Å². The van der Waals surface area contributed by atoms with Gasteiger partial charge in [-0.2, -0.15) is 0 Å². The van der Waals surface area contributed by atoms with E-state index in [0.29, 0.717) is 21.2 Å². The van der Waals surface area contributed by atoms with Gasteiger partial charge >= 0.3 is 0 Å². The first kappa shape index (κ1) is 24.6. The molecule has 3 aromatic carbocycles. The van der Waals surface area contributed by atoms with Gasteiger partial charge in [-0.1, -0.05) is 41.1 Å². The number of nitrogens with one attached hydrogen (secondary N) is 2. The number of anilines is 2. The molecule has 0 saturated carbocycles. The highest BCUT2D eigenvalue weighted by molar-refractivity contribution is 8.04. The summed E-state index contributed by atoms with van der Waals surface area (Å²) >= 11 is 7.10. The molecule has 0 aliphatic carbocycles. The highest BCUT2D eigenvalue weighted by atomic mass is 35.5. The van der Waals surface area contributed by atoms with Gasteiger partial charge in [0, 0.05) is 32.9 Å². The van der Waals surface area contributed by atoms with E-state index in [1.165, 1.54) is 16.7 Å². The molecule has 0 atom stereocenters. The fraction of sp³-hybridized carbons (Fsp3) is 0.148. The second kappa shape index (κ2) is 10.4. The van der Waals surface area contributed by atoms with Crippen molar-refractivity contribution in [3.05, 3.63) is 99.5 Å². The minimum atomic E-state index is -0.347. The number of imide groups is 1. The van der Waals surface area contributed by atoms with Crippen LogP contribution in [0.15, 0.2) is 88.3 Å². The number of carbonyl (C=O) groups is 3. The Morgan fingerprint density at radius 1 is 0.857 bits per heavy atom. The fourth-order valence-corrected chi connectivity index (χ4v) is 4.57. The van der Waals surface area contributed by atoms with Crippen LogP contribution in [0.5, 0.6) is 0 Å². The van der Waals surface area contributed by atoms with Crippen molar-refractivity contribution in [2.24, 2.45) is 0 Å². The van der Waals surface area contributed by atoms with Crippen molar-refractivity contribution in [1.29, 1.82) is 0 Å². The van der Waals surface area contributed by atoms with Crippen molar-refractivity contribution in [2.75, 3.05) is 10.6 Å². The number of benzene rings is 3. The molecule has 0 unspecified atom stereocenters. The molecule has 3 aromatic rings. The Morgan fingerprint density at radius 3 is 2.06 bits per heavy atom. The van der Waals surface area contributed by atoms with E-state index in [2.05, 4.69) is 10.6 Å². The topological polar surface area (TPSA) is 78.5 Å². The fourth-order valence-electron chi connectivity index (χ4n) is 3.51. The Labute approximate surface area is 213 Å². The second-order valence-electron chi connectivity index (χ2n) is 8.36. The first-order valence-corrected chi connectivity index (χ1v) is 12.2. The summed E-state index contributed by atoms with van der Waals surface area (Å²) in [7, 11) is 0. The van der Waals surface area contributed by atoms with Crippen LogP contribution in [-0.4, -0.2) is 28.7 Å². The highest BCUT2D eigenvalue weighted by Gasteiger charge is 2.40. The summed E-state index contributed by atoms with van der Waals surface area (Å²) in [5.41, 5.74) is 3.20. The zero-order chi connectivity index (χ0) is 25.1. The van der Waals surface area contributed by atoms with Crippen LogP contribution in [0.25, 0.3) is 0 Å². The summed E-state index contributed by atoms with van der Waals surface area (Å²) < 4.78 is 0. The molecule has 0 radical (unpaired) electrons. The molecule has 6 nitrogen and oxygen atoms in total. The van der Waals surface area contributed by atoms with E-state index >= 15 is 0 Å². The van der Waals surface area contributed by atoms with Crippen LogP contribution < -0.4 is 10.6 Å². The van der Waals surface area contributed by atoms with Crippen LogP contribution in [0.1, 0.15) is 29.8 Å². The van der Waals surface area contributed by atoms with E-state index in [-0.39, 0.29) is 29.5 Å². The Balaban J connectivity index is 1.54. The molecule has 1 heterocycles. The number of hydrogen-bond acceptors (Lipinski definition) is 5. The van der Waals surface area contributed by atoms with Gasteiger partial charge in [0.2, 0.25) is 0 Å². The lowest BCUT2D eigenvalue weighted by Crippen LogP contribution is -2.38. The van der Waals surface area contributed by atoms with E-state index < -0.39 is 0 Å². The molecule has 3 amide bonds. The SMILES string of the molecule is Cc1ccc(NC2=C(Sc3ccc(NC(=O)c4ccc(Cl)cc4)cc3)C(=O)N(C(C)C)C2=O)cc1. The zero-order valence-corrected chi connectivity index (χ0v) is 21.0. The van der Waals surface area contributed by atoms with Crippen molar-refractivity contribution in [3.63, 3.8) is 0 Å². The van der Waals surface area contributed by atoms with Crippen molar-refractivity contribution in [3.8, 4) is 0 Å². The number of halogens is 1. The molecule has 0 saturated heterocycles. The molecule has 178 valence electrons. The van der Waals surface area contributed by atoms with Gasteiger partial charge in [0.25, 0.3) is 17.7 Å². The first-order chi connectivity index (χ1) is 16.7. The Hall–Kier alpha value is -3.55. The molecule has 0 fully saturated rings. The molecular weight excluding hydrogens is 482 g/mol. The average molecular weight is 506 g/mol. The van der Waals surface area contributed by atoms with Crippen molar-refractivity contribution in [1.82, 2.24) is 4.90 Å². The Kier molecular flexibility index (Phi) is 7.28. The number of thioether (sulfide) groups is 1. The second-order valence-corrected chi connectivity index (χ2v) is 9.88. The summed E-state index contributed by atoms with van der Waals surface area (Å²) in [6.45, 7) is 5.60. The smallest absolute Gasteiger partial charge is 0.278 e. The number of hydrogen-bond donors (Lipinski definition) is 2. The van der Waals surface area contributed by atoms with Crippen LogP contribution in [0.4, 0.5) is 11.4 Å². The maximum atomic E-state index is 13.1. The summed E-state index contributed by atoms with van der Waals surface area (Å²) in [5.74, 6) is -0.928. The average Bonchev–Trinajstić information content (AvgIpc) is 3.06. The highest BCUT2D eigenvalue weighted by Crippen LogP contribution is 2.37. The molecular formula is C27H24ClN3O3S. The monoisotopic (exact) mass is 505 g/mol. The minimum absolute atomic E-state index is 0.251. The third-order valence-corrected chi connectivity index (χ3v) is 6.69. The van der Waals surface area contributed by atoms with Crippen molar-refractivity contribution in [2.45, 2.75) is 31.7 Å². The summed E-state index contributed by atoms with van der Waals surface area (Å²) in [6.07, 6.45) is 0. The van der Waals surface area contributed by atoms with E-state index in [1.54, 1.807) is 48.5 Å². The zero-order valence-electron chi connectivity index (χ0n) is 19.5. The lowest BCUT2D eigenvalue weighted by molar-refractivity contribution is -0.139. The number of nitrogens with zero attached hydrogens (tertiary/aromatic N) is 1. The van der Waals surface area contributed by atoms with E-state index in [1.807, 2.05) is 45.0 Å². The molecule has 1 aliphatic rings. The number of amides is 3. The maximum absolute atomic E-state index is 13.1. The lowest BCUT2D eigenvalue weighted by Gasteiger charge is -2.19. The third-order valence-electron chi connectivity index (χ3n) is 5.35. The maximum Gasteiger partial charge on any atom is 0.278 e. The van der Waals surface area contributed by atoms with Crippen LogP contribution in [-0.2, 0) is 9.59 Å². The summed E-state index contributed by atoms with van der Waals surface area (Å²) in [4.78, 5) is 41.0. The molecule has 0 aromatic heterocycles. The van der Waals surface area contributed by atoms with Crippen LogP contribution in [0.2, 0.25) is 5.02 Å². The Bertz CT molecular complexity index is 1300. The number of carbonyl (C=O) groups excluding carboxylic acids is 3. The summed E-state index contributed by atoms with van der Waals surface area (Å²) in [5, 5.41) is 6.54. The quantitative estimate of drug-likeness (QED) is 0.380. The van der Waals surface area contributed by atoms with Gasteiger partial charge in [-0.15, -0.1) is 0 Å². The molecule has 4 rings (SSSR count). The minimum Gasteiger partial charge on any atom is -0.350 e.